The molecule has 0 saturated heterocycles. The topological polar surface area (TPSA) is 106 Å². The number of methoxy groups -OCH3 is 1. The van der Waals surface area contributed by atoms with Crippen molar-refractivity contribution in [2.75, 3.05) is 23.8 Å². The highest BCUT2D eigenvalue weighted by Crippen LogP contribution is 2.21. The summed E-state index contributed by atoms with van der Waals surface area (Å²) in [6.45, 7) is 4.81. The second-order valence-corrected chi connectivity index (χ2v) is 10.4. The summed E-state index contributed by atoms with van der Waals surface area (Å²) in [6, 6.07) is 19.4. The number of anilines is 2. The fraction of sp³-hybridized carbons (Fsp3) is 0.231. The molecule has 3 aromatic rings. The van der Waals surface area contributed by atoms with Crippen molar-refractivity contribution >= 4 is 44.6 Å². The first-order chi connectivity index (χ1) is 17.2. The van der Waals surface area contributed by atoms with Crippen LogP contribution in [-0.2, 0) is 10.0 Å². The zero-order valence-electron chi connectivity index (χ0n) is 20.3. The van der Waals surface area contributed by atoms with Crippen molar-refractivity contribution in [2.24, 2.45) is 5.92 Å². The van der Waals surface area contributed by atoms with Crippen molar-refractivity contribution in [1.29, 1.82) is 0 Å². The maximum absolute atomic E-state index is 12.7. The summed E-state index contributed by atoms with van der Waals surface area (Å²) in [5.41, 5.74) is 1.35. The van der Waals surface area contributed by atoms with Gasteiger partial charge in [-0.3, -0.25) is 14.8 Å². The van der Waals surface area contributed by atoms with E-state index in [1.54, 1.807) is 60.7 Å². The van der Waals surface area contributed by atoms with Gasteiger partial charge >= 0.3 is 0 Å². The Morgan fingerprint density at radius 2 is 1.61 bits per heavy atom. The Morgan fingerprint density at radius 3 is 2.25 bits per heavy atom. The number of ether oxygens (including phenoxy) is 2. The van der Waals surface area contributed by atoms with E-state index in [9.17, 15) is 13.2 Å². The molecule has 0 atom stereocenters. The Balaban J connectivity index is 1.56. The maximum atomic E-state index is 12.7. The van der Waals surface area contributed by atoms with Crippen molar-refractivity contribution in [3.8, 4) is 11.5 Å². The number of benzene rings is 3. The molecule has 8 nitrogen and oxygen atoms in total. The van der Waals surface area contributed by atoms with E-state index in [2.05, 4.69) is 29.2 Å². The molecule has 0 unspecified atom stereocenters. The van der Waals surface area contributed by atoms with E-state index in [0.717, 1.165) is 6.42 Å². The first kappa shape index (κ1) is 27.0. The molecule has 1 amide bonds. The van der Waals surface area contributed by atoms with Gasteiger partial charge in [0.15, 0.2) is 5.11 Å². The minimum Gasteiger partial charge on any atom is -0.497 e. The zero-order chi connectivity index (χ0) is 26.1. The minimum atomic E-state index is -3.78. The van der Waals surface area contributed by atoms with Crippen molar-refractivity contribution in [3.63, 3.8) is 0 Å². The average Bonchev–Trinajstić information content (AvgIpc) is 2.84. The van der Waals surface area contributed by atoms with Gasteiger partial charge in [0.1, 0.15) is 11.5 Å². The van der Waals surface area contributed by atoms with Crippen LogP contribution in [0.2, 0.25) is 0 Å². The van der Waals surface area contributed by atoms with Gasteiger partial charge in [0.05, 0.1) is 18.6 Å². The molecule has 190 valence electrons. The standard InChI is InChI=1S/C26H29N3O5S2/c1-18(2)15-16-34-23-6-4-5-19(17-23)25(30)28-26(35)27-20-9-13-24(14-10-20)36(31,32)29-21-7-11-22(33-3)12-8-21/h4-14,17-18,29H,15-16H2,1-3H3,(H2,27,28,30,35). The van der Waals surface area contributed by atoms with Gasteiger partial charge in [-0.15, -0.1) is 0 Å². The molecule has 0 heterocycles. The maximum Gasteiger partial charge on any atom is 0.261 e. The largest absolute Gasteiger partial charge is 0.497 e. The number of thiocarbonyl (C=S) groups is 1. The normalized spacial score (nSPS) is 11.0. The highest BCUT2D eigenvalue weighted by atomic mass is 32.2. The van der Waals surface area contributed by atoms with Gasteiger partial charge in [-0.05, 0) is 91.3 Å². The molecule has 0 fully saturated rings. The molecule has 3 N–H and O–H groups in total. The Kier molecular flexibility index (Phi) is 9.26. The summed E-state index contributed by atoms with van der Waals surface area (Å²) in [5, 5.41) is 5.58. The van der Waals surface area contributed by atoms with E-state index in [4.69, 9.17) is 21.7 Å². The van der Waals surface area contributed by atoms with Gasteiger partial charge < -0.3 is 14.8 Å². The second kappa shape index (κ2) is 12.4. The Hall–Kier alpha value is -3.63. The second-order valence-electron chi connectivity index (χ2n) is 8.33. The van der Waals surface area contributed by atoms with Crippen molar-refractivity contribution in [1.82, 2.24) is 5.32 Å². The summed E-state index contributed by atoms with van der Waals surface area (Å²) < 4.78 is 38.6. The highest BCUT2D eigenvalue weighted by Gasteiger charge is 2.15. The fourth-order valence-corrected chi connectivity index (χ4v) is 4.34. The average molecular weight is 528 g/mol. The third-order valence-electron chi connectivity index (χ3n) is 5.05. The van der Waals surface area contributed by atoms with E-state index in [1.807, 2.05) is 0 Å². The lowest BCUT2D eigenvalue weighted by Crippen LogP contribution is -2.34. The third kappa shape index (κ3) is 7.96. The quantitative estimate of drug-likeness (QED) is 0.317. The van der Waals surface area contributed by atoms with E-state index in [1.165, 1.54) is 19.2 Å². The first-order valence-electron chi connectivity index (χ1n) is 11.3. The van der Waals surface area contributed by atoms with E-state index < -0.39 is 10.0 Å². The summed E-state index contributed by atoms with van der Waals surface area (Å²) in [6.07, 6.45) is 0.919. The van der Waals surface area contributed by atoms with Crippen LogP contribution in [0.15, 0.2) is 77.7 Å². The van der Waals surface area contributed by atoms with Gasteiger partial charge in [0, 0.05) is 16.9 Å². The molecule has 3 rings (SSSR count). The molecule has 10 heteroatoms. The van der Waals surface area contributed by atoms with Gasteiger partial charge in [-0.2, -0.15) is 0 Å². The molecule has 0 aromatic heterocycles. The van der Waals surface area contributed by atoms with Crippen molar-refractivity contribution in [2.45, 2.75) is 25.2 Å². The molecule has 0 aliphatic rings. The van der Waals surface area contributed by atoms with E-state index in [0.29, 0.717) is 41.0 Å². The van der Waals surface area contributed by atoms with Crippen LogP contribution in [0.5, 0.6) is 11.5 Å². The summed E-state index contributed by atoms with van der Waals surface area (Å²) >= 11 is 5.24. The van der Waals surface area contributed by atoms with Gasteiger partial charge in [-0.25, -0.2) is 8.42 Å². The van der Waals surface area contributed by atoms with Gasteiger partial charge in [0.2, 0.25) is 0 Å². The third-order valence-corrected chi connectivity index (χ3v) is 6.65. The molecule has 0 radical (unpaired) electrons. The first-order valence-corrected chi connectivity index (χ1v) is 13.2. The summed E-state index contributed by atoms with van der Waals surface area (Å²) in [5.74, 6) is 1.38. The molecule has 0 bridgehead atoms. The van der Waals surface area contributed by atoms with Crippen LogP contribution in [-0.4, -0.2) is 33.2 Å². The lowest BCUT2D eigenvalue weighted by molar-refractivity contribution is 0.0977. The molecule has 0 aliphatic carbocycles. The van der Waals surface area contributed by atoms with Crippen molar-refractivity contribution in [3.05, 3.63) is 78.4 Å². The SMILES string of the molecule is COc1ccc(NS(=O)(=O)c2ccc(NC(=S)NC(=O)c3cccc(OCCC(C)C)c3)cc2)cc1. The Labute approximate surface area is 217 Å². The predicted molar refractivity (Wildman–Crippen MR) is 145 cm³/mol. The molecule has 3 aromatic carbocycles. The number of amides is 1. The lowest BCUT2D eigenvalue weighted by Gasteiger charge is -2.12. The number of sulfonamides is 1. The lowest BCUT2D eigenvalue weighted by atomic mass is 10.1. The molecular weight excluding hydrogens is 498 g/mol. The van der Waals surface area contributed by atoms with E-state index in [-0.39, 0.29) is 15.9 Å². The summed E-state index contributed by atoms with van der Waals surface area (Å²) in [4.78, 5) is 12.7. The van der Waals surface area contributed by atoms with Crippen molar-refractivity contribution < 1.29 is 22.7 Å². The number of hydrogen-bond donors (Lipinski definition) is 3. The van der Waals surface area contributed by atoms with Crippen LogP contribution < -0.4 is 24.8 Å². The van der Waals surface area contributed by atoms with Crippen LogP contribution in [0.1, 0.15) is 30.6 Å². The zero-order valence-corrected chi connectivity index (χ0v) is 21.9. The fourth-order valence-electron chi connectivity index (χ4n) is 3.07. The molecular formula is C26H29N3O5S2. The molecule has 0 aliphatic heterocycles. The van der Waals surface area contributed by atoms with Gasteiger partial charge in [-0.1, -0.05) is 19.9 Å². The highest BCUT2D eigenvalue weighted by molar-refractivity contribution is 7.92. The Bertz CT molecular complexity index is 1290. The number of nitrogens with one attached hydrogen (secondary N) is 3. The monoisotopic (exact) mass is 527 g/mol. The summed E-state index contributed by atoms with van der Waals surface area (Å²) in [7, 11) is -2.25. The molecule has 0 saturated carbocycles. The number of rotatable bonds is 10. The van der Waals surface area contributed by atoms with Crippen LogP contribution in [0.4, 0.5) is 11.4 Å². The number of carbonyl (C=O) groups excluding carboxylic acids is 1. The molecule has 36 heavy (non-hydrogen) atoms. The van der Waals surface area contributed by atoms with Crippen LogP contribution in [0, 0.1) is 5.92 Å². The Morgan fingerprint density at radius 1 is 0.944 bits per heavy atom. The van der Waals surface area contributed by atoms with Crippen LogP contribution in [0.25, 0.3) is 0 Å². The smallest absolute Gasteiger partial charge is 0.261 e. The van der Waals surface area contributed by atoms with E-state index >= 15 is 0 Å². The molecule has 0 spiro atoms. The number of carbonyl (C=O) groups is 1. The minimum absolute atomic E-state index is 0.0769. The van der Waals surface area contributed by atoms with Crippen LogP contribution >= 0.6 is 12.2 Å². The van der Waals surface area contributed by atoms with Gasteiger partial charge in [0.25, 0.3) is 15.9 Å². The predicted octanol–water partition coefficient (Wildman–Crippen LogP) is 5.05. The number of hydrogen-bond acceptors (Lipinski definition) is 6. The van der Waals surface area contributed by atoms with Crippen LogP contribution in [0.3, 0.4) is 0 Å².